The average molecular weight is 488 g/mol. The van der Waals surface area contributed by atoms with E-state index in [9.17, 15) is 27.7 Å². The maximum atomic E-state index is 14.0. The van der Waals surface area contributed by atoms with Crippen LogP contribution in [0.1, 0.15) is 11.1 Å². The van der Waals surface area contributed by atoms with E-state index in [1.807, 2.05) is 0 Å². The number of nitro groups is 1. The van der Waals surface area contributed by atoms with Gasteiger partial charge in [0.15, 0.2) is 6.61 Å². The van der Waals surface area contributed by atoms with Crippen LogP contribution < -0.4 is 14.4 Å². The van der Waals surface area contributed by atoms with Crippen molar-refractivity contribution in [2.24, 2.45) is 0 Å². The minimum atomic E-state index is -3.71. The van der Waals surface area contributed by atoms with Gasteiger partial charge in [-0.15, -0.1) is 0 Å². The lowest BCUT2D eigenvalue weighted by atomic mass is 10.1. The molecule has 0 saturated carbocycles. The molecule has 9 nitrogen and oxygen atoms in total. The van der Waals surface area contributed by atoms with Crippen LogP contribution in [0.5, 0.6) is 5.75 Å². The van der Waals surface area contributed by atoms with Gasteiger partial charge in [0, 0.05) is 11.6 Å². The van der Waals surface area contributed by atoms with Crippen LogP contribution in [0.2, 0.25) is 0 Å². The lowest BCUT2D eigenvalue weighted by Crippen LogP contribution is -2.29. The molecule has 1 N–H and O–H groups in total. The molecule has 0 saturated heterocycles. The number of anilines is 2. The van der Waals surface area contributed by atoms with Crippen LogP contribution in [0.4, 0.5) is 21.5 Å². The quantitative estimate of drug-likeness (QED) is 0.360. The summed E-state index contributed by atoms with van der Waals surface area (Å²) < 4.78 is 45.1. The number of nitro benzene ring substituents is 1. The molecule has 0 unspecified atom stereocenters. The van der Waals surface area contributed by atoms with E-state index >= 15 is 0 Å². The molecule has 0 radical (unpaired) electrons. The Morgan fingerprint density at radius 1 is 1.09 bits per heavy atom. The highest BCUT2D eigenvalue weighted by Crippen LogP contribution is 2.26. The molecule has 0 aliphatic rings. The number of benzene rings is 3. The van der Waals surface area contributed by atoms with Gasteiger partial charge < -0.3 is 10.1 Å². The van der Waals surface area contributed by atoms with Gasteiger partial charge in [0.25, 0.3) is 11.6 Å². The SMILES string of the molecule is Cc1c(NC(=O)COc2ccc(N(Cc3ccccc3F)S(C)(=O)=O)cc2)cccc1[N+](=O)[O-]. The van der Waals surface area contributed by atoms with E-state index in [2.05, 4.69) is 5.32 Å². The first-order valence-corrected chi connectivity index (χ1v) is 11.9. The summed E-state index contributed by atoms with van der Waals surface area (Å²) >= 11 is 0. The number of hydrogen-bond donors (Lipinski definition) is 1. The predicted octanol–water partition coefficient (Wildman–Crippen LogP) is 4.03. The molecule has 0 spiro atoms. The molecule has 34 heavy (non-hydrogen) atoms. The summed E-state index contributed by atoms with van der Waals surface area (Å²) in [5, 5.41) is 13.6. The van der Waals surface area contributed by atoms with Crippen LogP contribution in [-0.2, 0) is 21.4 Å². The Morgan fingerprint density at radius 3 is 2.38 bits per heavy atom. The van der Waals surface area contributed by atoms with E-state index in [0.717, 1.165) is 10.6 Å². The summed E-state index contributed by atoms with van der Waals surface area (Å²) in [5.41, 5.74) is 1.03. The highest BCUT2D eigenvalue weighted by Gasteiger charge is 2.20. The first-order chi connectivity index (χ1) is 16.1. The van der Waals surface area contributed by atoms with Crippen molar-refractivity contribution in [1.29, 1.82) is 0 Å². The third-order valence-electron chi connectivity index (χ3n) is 4.94. The number of sulfonamides is 1. The molecule has 0 heterocycles. The first kappa shape index (κ1) is 24.6. The number of hydrogen-bond acceptors (Lipinski definition) is 6. The molecule has 0 aliphatic heterocycles. The first-order valence-electron chi connectivity index (χ1n) is 10.0. The van der Waals surface area contributed by atoms with Crippen LogP contribution in [0.15, 0.2) is 66.7 Å². The van der Waals surface area contributed by atoms with Crippen LogP contribution in [0.25, 0.3) is 0 Å². The van der Waals surface area contributed by atoms with E-state index < -0.39 is 26.7 Å². The molecule has 0 atom stereocenters. The zero-order valence-corrected chi connectivity index (χ0v) is 19.2. The fourth-order valence-electron chi connectivity index (χ4n) is 3.18. The second-order valence-corrected chi connectivity index (χ2v) is 9.31. The second kappa shape index (κ2) is 10.3. The summed E-state index contributed by atoms with van der Waals surface area (Å²) in [6, 6.07) is 16.2. The molecule has 3 aromatic carbocycles. The molecule has 0 fully saturated rings. The predicted molar refractivity (Wildman–Crippen MR) is 126 cm³/mol. The Kier molecular flexibility index (Phi) is 7.47. The molecule has 3 aromatic rings. The fourth-order valence-corrected chi connectivity index (χ4v) is 4.06. The summed E-state index contributed by atoms with van der Waals surface area (Å²) in [6.45, 7) is 0.978. The molecule has 0 aromatic heterocycles. The number of rotatable bonds is 9. The van der Waals surface area contributed by atoms with Crippen molar-refractivity contribution in [3.8, 4) is 5.75 Å². The zero-order chi connectivity index (χ0) is 24.9. The number of ether oxygens (including phenoxy) is 1. The Labute approximate surface area is 196 Å². The summed E-state index contributed by atoms with van der Waals surface area (Å²) in [4.78, 5) is 22.7. The Bertz CT molecular complexity index is 1310. The van der Waals surface area contributed by atoms with Crippen molar-refractivity contribution in [1.82, 2.24) is 0 Å². The Morgan fingerprint density at radius 2 is 1.76 bits per heavy atom. The molecule has 3 rings (SSSR count). The van der Waals surface area contributed by atoms with E-state index in [1.54, 1.807) is 12.1 Å². The maximum absolute atomic E-state index is 14.0. The lowest BCUT2D eigenvalue weighted by Gasteiger charge is -2.23. The molecular formula is C23H22FN3O6S. The van der Waals surface area contributed by atoms with Gasteiger partial charge in [-0.05, 0) is 43.3 Å². The number of carbonyl (C=O) groups is 1. The average Bonchev–Trinajstić information content (AvgIpc) is 2.78. The lowest BCUT2D eigenvalue weighted by molar-refractivity contribution is -0.385. The second-order valence-electron chi connectivity index (χ2n) is 7.40. The number of carbonyl (C=O) groups excluding carboxylic acids is 1. The normalized spacial score (nSPS) is 11.0. The van der Waals surface area contributed by atoms with Crippen LogP contribution in [0, 0.1) is 22.9 Å². The maximum Gasteiger partial charge on any atom is 0.274 e. The molecule has 178 valence electrons. The van der Waals surface area contributed by atoms with E-state index in [4.69, 9.17) is 4.74 Å². The topological polar surface area (TPSA) is 119 Å². The number of nitrogens with one attached hydrogen (secondary N) is 1. The third kappa shape index (κ3) is 6.07. The Balaban J connectivity index is 1.67. The van der Waals surface area contributed by atoms with Gasteiger partial charge in [-0.1, -0.05) is 24.3 Å². The molecule has 0 bridgehead atoms. The summed E-state index contributed by atoms with van der Waals surface area (Å²) in [5.74, 6) is -0.736. The van der Waals surface area contributed by atoms with Gasteiger partial charge in [-0.25, -0.2) is 12.8 Å². The van der Waals surface area contributed by atoms with Crippen molar-refractivity contribution in [2.45, 2.75) is 13.5 Å². The van der Waals surface area contributed by atoms with E-state index in [0.29, 0.717) is 22.7 Å². The molecule has 1 amide bonds. The van der Waals surface area contributed by atoms with Crippen molar-refractivity contribution >= 4 is 33.0 Å². The number of nitrogens with zero attached hydrogens (tertiary/aromatic N) is 2. The molecule has 11 heteroatoms. The van der Waals surface area contributed by atoms with Crippen LogP contribution in [-0.4, -0.2) is 32.1 Å². The van der Waals surface area contributed by atoms with Crippen molar-refractivity contribution in [3.63, 3.8) is 0 Å². The van der Waals surface area contributed by atoms with Gasteiger partial charge in [-0.2, -0.15) is 0 Å². The van der Waals surface area contributed by atoms with Gasteiger partial charge >= 0.3 is 0 Å². The summed E-state index contributed by atoms with van der Waals surface area (Å²) in [6.07, 6.45) is 1.03. The fraction of sp³-hybridized carbons (Fsp3) is 0.174. The van der Waals surface area contributed by atoms with Crippen molar-refractivity contribution < 1.29 is 27.3 Å². The van der Waals surface area contributed by atoms with Crippen molar-refractivity contribution in [2.75, 3.05) is 22.5 Å². The van der Waals surface area contributed by atoms with Gasteiger partial charge in [-0.3, -0.25) is 19.2 Å². The van der Waals surface area contributed by atoms with E-state index in [1.165, 1.54) is 61.5 Å². The van der Waals surface area contributed by atoms with Gasteiger partial charge in [0.2, 0.25) is 10.0 Å². The smallest absolute Gasteiger partial charge is 0.274 e. The molecule has 0 aliphatic carbocycles. The monoisotopic (exact) mass is 487 g/mol. The van der Waals surface area contributed by atoms with Crippen LogP contribution in [0.3, 0.4) is 0 Å². The molecular weight excluding hydrogens is 465 g/mol. The largest absolute Gasteiger partial charge is 0.484 e. The van der Waals surface area contributed by atoms with E-state index in [-0.39, 0.29) is 24.4 Å². The highest BCUT2D eigenvalue weighted by atomic mass is 32.2. The zero-order valence-electron chi connectivity index (χ0n) is 18.4. The standard InChI is InChI=1S/C23H22FN3O6S/c1-16-21(8-5-9-22(16)27(29)30)25-23(28)15-33-19-12-10-18(11-13-19)26(34(2,31)32)14-17-6-3-4-7-20(17)24/h3-13H,14-15H2,1-2H3,(H,25,28). The minimum Gasteiger partial charge on any atom is -0.484 e. The van der Waals surface area contributed by atoms with Crippen LogP contribution >= 0.6 is 0 Å². The highest BCUT2D eigenvalue weighted by molar-refractivity contribution is 7.92. The van der Waals surface area contributed by atoms with Gasteiger partial charge in [0.1, 0.15) is 11.6 Å². The van der Waals surface area contributed by atoms with Gasteiger partial charge in [0.05, 0.1) is 34.7 Å². The minimum absolute atomic E-state index is 0.111. The summed E-state index contributed by atoms with van der Waals surface area (Å²) in [7, 11) is -3.71. The Hall–Kier alpha value is -3.99. The number of halogens is 1. The van der Waals surface area contributed by atoms with Crippen molar-refractivity contribution in [3.05, 3.63) is 93.8 Å². The number of amides is 1. The third-order valence-corrected chi connectivity index (χ3v) is 6.08.